The van der Waals surface area contributed by atoms with Crippen LogP contribution in [0.4, 0.5) is 0 Å². The van der Waals surface area contributed by atoms with Gasteiger partial charge < -0.3 is 14.2 Å². The standard InChI is InChI=1S/C15H14Cl2O5/c1-20-12-7-9(4-6-13(18)21-2)3-5-11(12)22-14(19)10-8-15(10,16)17/h3-7,10H,8H2,1-2H3/b6-4+. The third-order valence-electron chi connectivity index (χ3n) is 3.12. The summed E-state index contributed by atoms with van der Waals surface area (Å²) < 4.78 is 13.9. The summed E-state index contributed by atoms with van der Waals surface area (Å²) in [6.07, 6.45) is 3.21. The van der Waals surface area contributed by atoms with Crippen molar-refractivity contribution in [3.8, 4) is 11.5 Å². The first-order valence-electron chi connectivity index (χ1n) is 6.41. The molecular weight excluding hydrogens is 331 g/mol. The maximum absolute atomic E-state index is 11.9. The fraction of sp³-hybridized carbons (Fsp3) is 0.333. The Morgan fingerprint density at radius 3 is 2.50 bits per heavy atom. The summed E-state index contributed by atoms with van der Waals surface area (Å²) in [5.41, 5.74) is 0.692. The number of rotatable bonds is 5. The van der Waals surface area contributed by atoms with Gasteiger partial charge in [-0.1, -0.05) is 6.07 Å². The highest BCUT2D eigenvalue weighted by Gasteiger charge is 2.57. The number of benzene rings is 1. The van der Waals surface area contributed by atoms with Gasteiger partial charge in [0, 0.05) is 6.08 Å². The van der Waals surface area contributed by atoms with E-state index in [2.05, 4.69) is 4.74 Å². The third kappa shape index (κ3) is 3.93. The van der Waals surface area contributed by atoms with Gasteiger partial charge >= 0.3 is 11.9 Å². The topological polar surface area (TPSA) is 61.8 Å². The van der Waals surface area contributed by atoms with Crippen molar-refractivity contribution in [1.82, 2.24) is 0 Å². The number of ether oxygens (including phenoxy) is 3. The number of esters is 2. The smallest absolute Gasteiger partial charge is 0.330 e. The predicted molar refractivity (Wildman–Crippen MR) is 82.2 cm³/mol. The second kappa shape index (κ2) is 6.58. The summed E-state index contributed by atoms with van der Waals surface area (Å²) in [5, 5.41) is 0. The molecule has 22 heavy (non-hydrogen) atoms. The molecule has 1 aliphatic rings. The molecule has 1 unspecified atom stereocenters. The molecule has 1 fully saturated rings. The molecule has 1 aliphatic carbocycles. The molecule has 0 aromatic heterocycles. The van der Waals surface area contributed by atoms with E-state index in [0.717, 1.165) is 0 Å². The lowest BCUT2D eigenvalue weighted by Crippen LogP contribution is -2.14. The minimum Gasteiger partial charge on any atom is -0.493 e. The van der Waals surface area contributed by atoms with E-state index in [0.29, 0.717) is 17.7 Å². The average Bonchev–Trinajstić information content (AvgIpc) is 3.14. The largest absolute Gasteiger partial charge is 0.493 e. The fourth-order valence-electron chi connectivity index (χ4n) is 1.75. The van der Waals surface area contributed by atoms with Gasteiger partial charge in [-0.25, -0.2) is 4.79 Å². The molecule has 0 bridgehead atoms. The van der Waals surface area contributed by atoms with Gasteiger partial charge in [-0.05, 0) is 30.2 Å². The molecule has 118 valence electrons. The molecule has 1 atom stereocenters. The Balaban J connectivity index is 2.11. The van der Waals surface area contributed by atoms with Crippen molar-refractivity contribution in [1.29, 1.82) is 0 Å². The molecule has 0 saturated heterocycles. The molecule has 0 N–H and O–H groups in total. The summed E-state index contributed by atoms with van der Waals surface area (Å²) in [6.45, 7) is 0. The van der Waals surface area contributed by atoms with Gasteiger partial charge in [-0.3, -0.25) is 4.79 Å². The molecule has 0 spiro atoms. The van der Waals surface area contributed by atoms with Crippen LogP contribution in [-0.2, 0) is 14.3 Å². The predicted octanol–water partition coefficient (Wildman–Crippen LogP) is 2.98. The highest BCUT2D eigenvalue weighted by atomic mass is 35.5. The van der Waals surface area contributed by atoms with Crippen molar-refractivity contribution in [2.75, 3.05) is 14.2 Å². The number of alkyl halides is 2. The normalized spacial score (nSPS) is 18.8. The highest BCUT2D eigenvalue weighted by molar-refractivity contribution is 6.52. The van der Waals surface area contributed by atoms with Crippen LogP contribution in [0.5, 0.6) is 11.5 Å². The molecule has 2 rings (SSSR count). The molecule has 1 aromatic carbocycles. The van der Waals surface area contributed by atoms with Crippen molar-refractivity contribution in [3.63, 3.8) is 0 Å². The number of carbonyl (C=O) groups excluding carboxylic acids is 2. The van der Waals surface area contributed by atoms with Crippen LogP contribution < -0.4 is 9.47 Å². The lowest BCUT2D eigenvalue weighted by atomic mass is 10.2. The molecule has 5 nitrogen and oxygen atoms in total. The summed E-state index contributed by atoms with van der Waals surface area (Å²) in [7, 11) is 2.74. The van der Waals surface area contributed by atoms with Crippen molar-refractivity contribution < 1.29 is 23.8 Å². The van der Waals surface area contributed by atoms with Crippen molar-refractivity contribution in [2.45, 2.75) is 10.8 Å². The van der Waals surface area contributed by atoms with Crippen LogP contribution in [0.3, 0.4) is 0 Å². The molecule has 1 aromatic rings. The second-order valence-electron chi connectivity index (χ2n) is 4.71. The van der Waals surface area contributed by atoms with E-state index in [9.17, 15) is 9.59 Å². The summed E-state index contributed by atoms with van der Waals surface area (Å²) >= 11 is 11.7. The van der Waals surface area contributed by atoms with E-state index < -0.39 is 22.2 Å². The van der Waals surface area contributed by atoms with Crippen molar-refractivity contribution in [3.05, 3.63) is 29.8 Å². The Hall–Kier alpha value is -1.72. The first-order valence-corrected chi connectivity index (χ1v) is 7.16. The first-order chi connectivity index (χ1) is 10.4. The zero-order valence-electron chi connectivity index (χ0n) is 12.0. The molecule has 1 saturated carbocycles. The number of halogens is 2. The lowest BCUT2D eigenvalue weighted by molar-refractivity contribution is -0.136. The lowest BCUT2D eigenvalue weighted by Gasteiger charge is -2.10. The van der Waals surface area contributed by atoms with Crippen LogP contribution in [0.2, 0.25) is 0 Å². The second-order valence-corrected chi connectivity index (χ2v) is 6.25. The maximum atomic E-state index is 11.9. The minimum absolute atomic E-state index is 0.263. The van der Waals surface area contributed by atoms with Crippen molar-refractivity contribution >= 4 is 41.2 Å². The van der Waals surface area contributed by atoms with E-state index >= 15 is 0 Å². The van der Waals surface area contributed by atoms with Gasteiger partial charge in [0.05, 0.1) is 20.1 Å². The first kappa shape index (κ1) is 16.6. The van der Waals surface area contributed by atoms with Crippen LogP contribution in [-0.4, -0.2) is 30.5 Å². The van der Waals surface area contributed by atoms with Crippen LogP contribution in [0.15, 0.2) is 24.3 Å². The maximum Gasteiger partial charge on any atom is 0.330 e. The number of methoxy groups -OCH3 is 2. The van der Waals surface area contributed by atoms with Gasteiger partial charge in [0.1, 0.15) is 4.33 Å². The Morgan fingerprint density at radius 1 is 1.27 bits per heavy atom. The Morgan fingerprint density at radius 2 is 1.95 bits per heavy atom. The summed E-state index contributed by atoms with van der Waals surface area (Å²) in [6, 6.07) is 4.87. The number of hydrogen-bond acceptors (Lipinski definition) is 5. The van der Waals surface area contributed by atoms with Gasteiger partial charge in [0.25, 0.3) is 0 Å². The number of hydrogen-bond donors (Lipinski definition) is 0. The van der Waals surface area contributed by atoms with Gasteiger partial charge in [0.15, 0.2) is 11.5 Å². The van der Waals surface area contributed by atoms with Gasteiger partial charge in [0.2, 0.25) is 0 Å². The Kier molecular flexibility index (Phi) is 4.98. The monoisotopic (exact) mass is 344 g/mol. The molecular formula is C15H14Cl2O5. The summed E-state index contributed by atoms with van der Waals surface area (Å²) in [4.78, 5) is 22.9. The Labute approximate surface area is 137 Å². The Bertz CT molecular complexity index is 624. The third-order valence-corrected chi connectivity index (χ3v) is 3.96. The molecule has 0 amide bonds. The highest BCUT2D eigenvalue weighted by Crippen LogP contribution is 2.53. The SMILES string of the molecule is COC(=O)/C=C/c1ccc(OC(=O)C2CC2(Cl)Cl)c(OC)c1. The molecule has 7 heteroatoms. The van der Waals surface area contributed by atoms with E-state index in [1.807, 2.05) is 0 Å². The van der Waals surface area contributed by atoms with E-state index in [1.54, 1.807) is 24.3 Å². The zero-order chi connectivity index (χ0) is 16.3. The van der Waals surface area contributed by atoms with Gasteiger partial charge in [-0.15, -0.1) is 23.2 Å². The van der Waals surface area contributed by atoms with Crippen LogP contribution >= 0.6 is 23.2 Å². The molecule has 0 aliphatic heterocycles. The van der Waals surface area contributed by atoms with Crippen LogP contribution in [0, 0.1) is 5.92 Å². The minimum atomic E-state index is -1.03. The van der Waals surface area contributed by atoms with E-state index in [4.69, 9.17) is 32.7 Å². The fourth-order valence-corrected chi connectivity index (χ4v) is 2.24. The van der Waals surface area contributed by atoms with E-state index in [-0.39, 0.29) is 5.75 Å². The molecule has 0 heterocycles. The molecule has 0 radical (unpaired) electrons. The average molecular weight is 345 g/mol. The zero-order valence-corrected chi connectivity index (χ0v) is 13.5. The van der Waals surface area contributed by atoms with Gasteiger partial charge in [-0.2, -0.15) is 0 Å². The van der Waals surface area contributed by atoms with Crippen LogP contribution in [0.1, 0.15) is 12.0 Å². The van der Waals surface area contributed by atoms with E-state index in [1.165, 1.54) is 20.3 Å². The van der Waals surface area contributed by atoms with Crippen LogP contribution in [0.25, 0.3) is 6.08 Å². The quantitative estimate of drug-likeness (QED) is 0.355. The van der Waals surface area contributed by atoms with Crippen molar-refractivity contribution in [2.24, 2.45) is 5.92 Å². The summed E-state index contributed by atoms with van der Waals surface area (Å²) in [5.74, 6) is -0.876. The number of carbonyl (C=O) groups is 2.